The number of carbonyl (C=O) groups excluding carboxylic acids is 1. The molecule has 0 aliphatic rings. The van der Waals surface area contributed by atoms with Crippen molar-refractivity contribution in [2.24, 2.45) is 0 Å². The van der Waals surface area contributed by atoms with Crippen LogP contribution in [0.1, 0.15) is 13.3 Å². The van der Waals surface area contributed by atoms with Gasteiger partial charge in [-0.25, -0.2) is 4.98 Å². The van der Waals surface area contributed by atoms with Crippen LogP contribution in [0.15, 0.2) is 42.5 Å². The minimum absolute atomic E-state index is 0.0289. The van der Waals surface area contributed by atoms with Crippen molar-refractivity contribution in [1.82, 2.24) is 4.98 Å². The normalized spacial score (nSPS) is 10.8. The molecule has 0 spiro atoms. The summed E-state index contributed by atoms with van der Waals surface area (Å²) >= 11 is 7.94. The standard InChI is InChI=1S/C16H13ClN2OS/c1-2-15(20)18-10-7-8-11(12(17)9-10)16-19-13-5-3-4-6-14(13)21-16/h3-9H,2H2,1H3,(H,18,20). The van der Waals surface area contributed by atoms with E-state index >= 15 is 0 Å². The zero-order chi connectivity index (χ0) is 14.8. The Morgan fingerprint density at radius 1 is 1.29 bits per heavy atom. The van der Waals surface area contributed by atoms with Gasteiger partial charge >= 0.3 is 0 Å². The van der Waals surface area contributed by atoms with Gasteiger partial charge in [0.05, 0.1) is 15.2 Å². The number of rotatable bonds is 3. The number of benzene rings is 2. The van der Waals surface area contributed by atoms with Crippen LogP contribution >= 0.6 is 22.9 Å². The smallest absolute Gasteiger partial charge is 0.224 e. The lowest BCUT2D eigenvalue weighted by atomic mass is 10.2. The second-order valence-corrected chi connectivity index (χ2v) is 6.02. The molecule has 3 nitrogen and oxygen atoms in total. The fourth-order valence-corrected chi connectivity index (χ4v) is 3.33. The highest BCUT2D eigenvalue weighted by Crippen LogP contribution is 2.35. The summed E-state index contributed by atoms with van der Waals surface area (Å²) < 4.78 is 1.13. The number of para-hydroxylation sites is 1. The number of halogens is 1. The summed E-state index contributed by atoms with van der Waals surface area (Å²) in [6, 6.07) is 13.5. The number of nitrogens with zero attached hydrogens (tertiary/aromatic N) is 1. The number of nitrogens with one attached hydrogen (secondary N) is 1. The van der Waals surface area contributed by atoms with Crippen molar-refractivity contribution in [3.8, 4) is 10.6 Å². The molecule has 0 bridgehead atoms. The summed E-state index contributed by atoms with van der Waals surface area (Å²) in [6.45, 7) is 1.81. The molecule has 0 saturated heterocycles. The maximum Gasteiger partial charge on any atom is 0.224 e. The fourth-order valence-electron chi connectivity index (χ4n) is 2.00. The van der Waals surface area contributed by atoms with Crippen LogP contribution in [0.25, 0.3) is 20.8 Å². The van der Waals surface area contributed by atoms with Crippen molar-refractivity contribution in [2.45, 2.75) is 13.3 Å². The van der Waals surface area contributed by atoms with E-state index in [9.17, 15) is 4.79 Å². The zero-order valence-electron chi connectivity index (χ0n) is 11.4. The minimum Gasteiger partial charge on any atom is -0.326 e. The lowest BCUT2D eigenvalue weighted by Crippen LogP contribution is -2.09. The Morgan fingerprint density at radius 3 is 2.81 bits per heavy atom. The first-order chi connectivity index (χ1) is 10.2. The lowest BCUT2D eigenvalue weighted by molar-refractivity contribution is -0.115. The van der Waals surface area contributed by atoms with Crippen LogP contribution in [0, 0.1) is 0 Å². The Morgan fingerprint density at radius 2 is 2.10 bits per heavy atom. The van der Waals surface area contributed by atoms with Crippen molar-refractivity contribution in [1.29, 1.82) is 0 Å². The third-order valence-electron chi connectivity index (χ3n) is 3.10. The Balaban J connectivity index is 1.97. The molecule has 0 fully saturated rings. The van der Waals surface area contributed by atoms with E-state index in [0.29, 0.717) is 17.1 Å². The van der Waals surface area contributed by atoms with Crippen LogP contribution in [0.4, 0.5) is 5.69 Å². The minimum atomic E-state index is -0.0289. The summed E-state index contributed by atoms with van der Waals surface area (Å²) in [6.07, 6.45) is 0.442. The van der Waals surface area contributed by atoms with E-state index < -0.39 is 0 Å². The SMILES string of the molecule is CCC(=O)Nc1ccc(-c2nc3ccccc3s2)c(Cl)c1. The second-order valence-electron chi connectivity index (χ2n) is 4.58. The molecule has 3 aromatic rings. The van der Waals surface area contributed by atoms with E-state index in [1.165, 1.54) is 0 Å². The summed E-state index contributed by atoms with van der Waals surface area (Å²) in [7, 11) is 0. The molecule has 5 heteroatoms. The van der Waals surface area contributed by atoms with Crippen LogP contribution in [-0.2, 0) is 4.79 Å². The maximum absolute atomic E-state index is 11.4. The number of fused-ring (bicyclic) bond motifs is 1. The predicted molar refractivity (Wildman–Crippen MR) is 89.0 cm³/mol. The Kier molecular flexibility index (Phi) is 3.90. The van der Waals surface area contributed by atoms with Gasteiger partial charge in [0.15, 0.2) is 0 Å². The van der Waals surface area contributed by atoms with Crippen molar-refractivity contribution in [3.63, 3.8) is 0 Å². The highest BCUT2D eigenvalue weighted by atomic mass is 35.5. The average molecular weight is 317 g/mol. The molecule has 0 saturated carbocycles. The Labute approximate surface area is 131 Å². The molecular weight excluding hydrogens is 304 g/mol. The fraction of sp³-hybridized carbons (Fsp3) is 0.125. The molecule has 0 radical (unpaired) electrons. The van der Waals surface area contributed by atoms with Gasteiger partial charge in [-0.3, -0.25) is 4.79 Å². The van der Waals surface area contributed by atoms with Gasteiger partial charge in [0.25, 0.3) is 0 Å². The number of hydrogen-bond acceptors (Lipinski definition) is 3. The number of carbonyl (C=O) groups is 1. The number of anilines is 1. The van der Waals surface area contributed by atoms with Gasteiger partial charge in [-0.05, 0) is 30.3 Å². The highest BCUT2D eigenvalue weighted by Gasteiger charge is 2.10. The number of aromatic nitrogens is 1. The zero-order valence-corrected chi connectivity index (χ0v) is 13.0. The van der Waals surface area contributed by atoms with Crippen molar-refractivity contribution in [3.05, 3.63) is 47.5 Å². The summed E-state index contributed by atoms with van der Waals surface area (Å²) in [5.41, 5.74) is 2.56. The molecule has 0 aliphatic carbocycles. The Bertz CT molecular complexity index is 780. The van der Waals surface area contributed by atoms with Gasteiger partial charge < -0.3 is 5.32 Å². The van der Waals surface area contributed by atoms with Crippen LogP contribution in [0.3, 0.4) is 0 Å². The monoisotopic (exact) mass is 316 g/mol. The first-order valence-corrected chi connectivity index (χ1v) is 7.82. The molecular formula is C16H13ClN2OS. The Hall–Kier alpha value is -1.91. The average Bonchev–Trinajstić information content (AvgIpc) is 2.90. The molecule has 1 N–H and O–H groups in total. The van der Waals surface area contributed by atoms with Gasteiger partial charge in [-0.2, -0.15) is 0 Å². The molecule has 3 rings (SSSR count). The maximum atomic E-state index is 11.4. The first-order valence-electron chi connectivity index (χ1n) is 6.62. The number of amides is 1. The molecule has 1 heterocycles. The van der Waals surface area contributed by atoms with Crippen LogP contribution < -0.4 is 5.32 Å². The van der Waals surface area contributed by atoms with Crippen molar-refractivity contribution in [2.75, 3.05) is 5.32 Å². The largest absolute Gasteiger partial charge is 0.326 e. The molecule has 2 aromatic carbocycles. The predicted octanol–water partition coefficient (Wildman–Crippen LogP) is 4.97. The molecule has 0 aliphatic heterocycles. The lowest BCUT2D eigenvalue weighted by Gasteiger charge is -2.06. The van der Waals surface area contributed by atoms with Gasteiger partial charge in [-0.15, -0.1) is 11.3 Å². The third kappa shape index (κ3) is 2.91. The second kappa shape index (κ2) is 5.84. The van der Waals surface area contributed by atoms with E-state index in [4.69, 9.17) is 11.6 Å². The summed E-state index contributed by atoms with van der Waals surface area (Å²) in [5.74, 6) is -0.0289. The van der Waals surface area contributed by atoms with Gasteiger partial charge in [0, 0.05) is 17.7 Å². The molecule has 1 amide bonds. The topological polar surface area (TPSA) is 42.0 Å². The molecule has 0 atom stereocenters. The van der Waals surface area contributed by atoms with E-state index in [0.717, 1.165) is 20.8 Å². The van der Waals surface area contributed by atoms with Gasteiger partial charge in [0.2, 0.25) is 5.91 Å². The van der Waals surface area contributed by atoms with E-state index in [2.05, 4.69) is 10.3 Å². The molecule has 106 valence electrons. The number of hydrogen-bond donors (Lipinski definition) is 1. The highest BCUT2D eigenvalue weighted by molar-refractivity contribution is 7.21. The molecule has 0 unspecified atom stereocenters. The molecule has 1 aromatic heterocycles. The van der Waals surface area contributed by atoms with E-state index in [1.54, 1.807) is 17.4 Å². The van der Waals surface area contributed by atoms with Gasteiger partial charge in [0.1, 0.15) is 5.01 Å². The quantitative estimate of drug-likeness (QED) is 0.741. The van der Waals surface area contributed by atoms with Crippen LogP contribution in [-0.4, -0.2) is 10.9 Å². The first kappa shape index (κ1) is 14.0. The van der Waals surface area contributed by atoms with Crippen molar-refractivity contribution < 1.29 is 4.79 Å². The van der Waals surface area contributed by atoms with Gasteiger partial charge in [-0.1, -0.05) is 30.7 Å². The van der Waals surface area contributed by atoms with Crippen LogP contribution in [0.2, 0.25) is 5.02 Å². The third-order valence-corrected chi connectivity index (χ3v) is 4.48. The van der Waals surface area contributed by atoms with Crippen molar-refractivity contribution >= 4 is 44.7 Å². The number of thiazole rings is 1. The van der Waals surface area contributed by atoms with Crippen LogP contribution in [0.5, 0.6) is 0 Å². The summed E-state index contributed by atoms with van der Waals surface area (Å²) in [4.78, 5) is 16.0. The van der Waals surface area contributed by atoms with E-state index in [1.807, 2.05) is 43.3 Å². The summed E-state index contributed by atoms with van der Waals surface area (Å²) in [5, 5.41) is 4.27. The van der Waals surface area contributed by atoms with E-state index in [-0.39, 0.29) is 5.91 Å². The molecule has 21 heavy (non-hydrogen) atoms.